The molecule has 4 aliphatic rings. The second-order valence-electron chi connectivity index (χ2n) is 34.3. The molecule has 26 aromatic rings. The van der Waals surface area contributed by atoms with Gasteiger partial charge >= 0.3 is 0 Å². The van der Waals surface area contributed by atoms with Crippen molar-refractivity contribution in [3.63, 3.8) is 0 Å². The van der Waals surface area contributed by atoms with Crippen molar-refractivity contribution in [1.82, 2.24) is 52.7 Å². The zero-order valence-corrected chi connectivity index (χ0v) is 77.1. The number of para-hydroxylation sites is 10. The molecule has 136 heavy (non-hydrogen) atoms. The van der Waals surface area contributed by atoms with E-state index < -0.39 is 8.07 Å². The molecule has 7 aromatic heterocycles. The normalized spacial score (nSPS) is 12.4. The van der Waals surface area contributed by atoms with Crippen LogP contribution in [0.15, 0.2) is 494 Å². The van der Waals surface area contributed by atoms with Gasteiger partial charge in [0.15, 0.2) is 13.9 Å². The van der Waals surface area contributed by atoms with Crippen molar-refractivity contribution in [1.29, 1.82) is 0 Å². The minimum atomic E-state index is -2.56. The summed E-state index contributed by atoms with van der Waals surface area (Å²) in [6.45, 7) is 0. The van der Waals surface area contributed by atoms with E-state index in [0.717, 1.165) is 101 Å². The first-order valence-electron chi connectivity index (χ1n) is 45.5. The zero-order chi connectivity index (χ0) is 89.5. The molecule has 11 nitrogen and oxygen atoms in total. The highest BCUT2D eigenvalue weighted by Crippen LogP contribution is 2.51. The molecule has 30 rings (SSSR count). The molecule has 0 bridgehead atoms. The second kappa shape index (κ2) is 32.6. The Balaban J connectivity index is 0.0000000926. The lowest BCUT2D eigenvalue weighted by Gasteiger charge is -2.34. The quantitative estimate of drug-likeness (QED) is 0.0789. The van der Waals surface area contributed by atoms with Crippen molar-refractivity contribution in [3.8, 4) is 74.1 Å². The van der Waals surface area contributed by atoms with Crippen LogP contribution in [0.4, 0.5) is 0 Å². The van der Waals surface area contributed by atoms with E-state index in [4.69, 9.17) is 24.9 Å². The lowest BCUT2D eigenvalue weighted by atomic mass is 9.97. The van der Waals surface area contributed by atoms with Crippen molar-refractivity contribution in [3.05, 3.63) is 455 Å². The fourth-order valence-electron chi connectivity index (χ4n) is 20.8. The lowest BCUT2D eigenvalue weighted by molar-refractivity contribution is 1.03. The van der Waals surface area contributed by atoms with Gasteiger partial charge in [0.1, 0.15) is 23.2 Å². The number of pyridine rings is 2. The molecule has 4 aliphatic heterocycles. The summed E-state index contributed by atoms with van der Waals surface area (Å²) in [7, 11) is -2.56. The fourth-order valence-corrected chi connectivity index (χ4v) is 29.9. The van der Waals surface area contributed by atoms with Crippen LogP contribution >= 0.6 is 47.0 Å². The van der Waals surface area contributed by atoms with Crippen LogP contribution < -0.4 is 20.7 Å². The average Bonchev–Trinajstić information content (AvgIpc) is 1.39. The van der Waals surface area contributed by atoms with E-state index >= 15 is 0 Å². The molecule has 19 aromatic carbocycles. The lowest BCUT2D eigenvalue weighted by Crippen LogP contribution is -2.74. The molecular formula is C120H75N11S4Si. The molecule has 0 radical (unpaired) electrons. The van der Waals surface area contributed by atoms with Crippen molar-refractivity contribution in [2.75, 3.05) is 0 Å². The Labute approximate surface area is 799 Å². The SMILES string of the molecule is c1cc(-c2nc3cccc4c3n2-c2ccccc2S4)cc(-n2c3ccccc3c3ccccc32)c1.c1ccc([Si](c2ccccc2)(c2ccccc2)c2ccc(-c3nc4cccc5c4n3-c3ccccc3S5)cc2)cc1.c1ccc2c(c1)Sc1cccc3nc(-c4cc5ccccc5c5ccccc45)n-2c13.c1ccc2c(c1)Sc1cccc3nc(-c4ccc5ccc6cccnc6c5n4)n-2c13. The van der Waals surface area contributed by atoms with Gasteiger partial charge < -0.3 is 4.57 Å². The van der Waals surface area contributed by atoms with Gasteiger partial charge in [0, 0.05) is 89.3 Å². The predicted octanol–water partition coefficient (Wildman–Crippen LogP) is 28.5. The highest BCUT2D eigenvalue weighted by molar-refractivity contribution is 8.00. The molecular weight excluding hydrogens is 1750 g/mol. The Morgan fingerprint density at radius 3 is 1.09 bits per heavy atom. The van der Waals surface area contributed by atoms with Crippen LogP contribution in [0.2, 0.25) is 0 Å². The standard InChI is InChI=1S/C37H26N2SSi.C31H19N3S.C27H16N2S.C25H14N4S/c1-4-13-28(14-5-1)41(29-15-6-2-7-16-29,30-17-8-3-9-18-30)31-25-23-27(24-26-31)37-38-32-19-12-22-35-36(32)39(37)33-20-10-11-21-34(33)40-35;1-3-14-25-22(11-1)23-12-2-4-15-26(23)33(25)21-10-7-9-20(19-21)31-32-24-13-8-18-29-30(24)34(31)27-16-5-6-17-28(27)35-29;1-2-9-18-17(8-1)16-21(20-11-4-3-10-19(18)20)27-28-22-12-7-15-25-26(22)29(27)23-13-5-6-14-24(23)30-25;1-2-8-20-19(7-1)29-24-17(6-3-9-21(24)30-20)28-25(29)18-13-12-16-11-10-15-5-4-14-26-22(15)23(16)27-18/h1-26H;1-19H;1-16H;1-14H. The summed E-state index contributed by atoms with van der Waals surface area (Å²) in [6, 6.07) is 160. The average molecular weight is 1830 g/mol. The van der Waals surface area contributed by atoms with Crippen LogP contribution in [0.5, 0.6) is 0 Å². The van der Waals surface area contributed by atoms with Crippen LogP contribution in [0, 0.1) is 0 Å². The summed E-state index contributed by atoms with van der Waals surface area (Å²) < 4.78 is 11.7. The third kappa shape index (κ3) is 12.9. The van der Waals surface area contributed by atoms with E-state index in [-0.39, 0.29) is 0 Å². The zero-order valence-electron chi connectivity index (χ0n) is 72.9. The molecule has 0 saturated heterocycles. The minimum Gasteiger partial charge on any atom is -0.309 e. The van der Waals surface area contributed by atoms with Crippen LogP contribution in [0.25, 0.3) is 183 Å². The third-order valence-corrected chi connectivity index (χ3v) is 35.9. The maximum atomic E-state index is 5.18. The molecule has 638 valence electrons. The molecule has 0 aliphatic carbocycles. The van der Waals surface area contributed by atoms with Gasteiger partial charge in [0.05, 0.1) is 88.9 Å². The molecule has 0 N–H and O–H groups in total. The van der Waals surface area contributed by atoms with Gasteiger partial charge in [-0.1, -0.05) is 356 Å². The third-order valence-electron chi connectivity index (χ3n) is 26.7. The van der Waals surface area contributed by atoms with Gasteiger partial charge in [-0.15, -0.1) is 0 Å². The van der Waals surface area contributed by atoms with Crippen LogP contribution in [-0.2, 0) is 0 Å². The van der Waals surface area contributed by atoms with Gasteiger partial charge in [-0.05, 0) is 182 Å². The van der Waals surface area contributed by atoms with Crippen LogP contribution in [0.3, 0.4) is 0 Å². The molecule has 11 heterocycles. The first-order valence-corrected chi connectivity index (χ1v) is 50.8. The highest BCUT2D eigenvalue weighted by atomic mass is 32.2. The first kappa shape index (κ1) is 79.6. The molecule has 0 amide bonds. The summed E-state index contributed by atoms with van der Waals surface area (Å²) in [5, 5.41) is 15.2. The number of hydrogen-bond donors (Lipinski definition) is 0. The van der Waals surface area contributed by atoms with Gasteiger partial charge in [-0.25, -0.2) is 24.9 Å². The fraction of sp³-hybridized carbons (Fsp3) is 0. The highest BCUT2D eigenvalue weighted by Gasteiger charge is 2.42. The minimum absolute atomic E-state index is 0.851. The molecule has 0 fully saturated rings. The Morgan fingerprint density at radius 2 is 0.581 bits per heavy atom. The molecule has 0 atom stereocenters. The van der Waals surface area contributed by atoms with Gasteiger partial charge in [-0.2, -0.15) is 0 Å². The molecule has 16 heteroatoms. The number of fused-ring (bicyclic) bond motifs is 17. The number of rotatable bonds is 9. The summed E-state index contributed by atoms with van der Waals surface area (Å²) in [4.78, 5) is 40.1. The number of imidazole rings is 4. The molecule has 0 unspecified atom stereocenters. The summed E-state index contributed by atoms with van der Waals surface area (Å²) >= 11 is 7.27. The summed E-state index contributed by atoms with van der Waals surface area (Å²) in [5.41, 5.74) is 23.2. The van der Waals surface area contributed by atoms with Gasteiger partial charge in [0.25, 0.3) is 0 Å². The van der Waals surface area contributed by atoms with Crippen molar-refractivity contribution < 1.29 is 0 Å². The summed E-state index contributed by atoms with van der Waals surface area (Å²) in [5.74, 6) is 3.83. The summed E-state index contributed by atoms with van der Waals surface area (Å²) in [6.07, 6.45) is 1.82. The first-order chi connectivity index (χ1) is 67.4. The van der Waals surface area contributed by atoms with Gasteiger partial charge in [0.2, 0.25) is 0 Å². The van der Waals surface area contributed by atoms with E-state index in [0.29, 0.717) is 0 Å². The maximum absolute atomic E-state index is 5.18. The second-order valence-corrected chi connectivity index (χ2v) is 42.4. The van der Waals surface area contributed by atoms with E-state index in [2.05, 4.69) is 471 Å². The number of benzene rings is 19. The molecule has 0 saturated carbocycles. The number of hydrogen-bond acceptors (Lipinski definition) is 10. The number of nitrogens with zero attached hydrogens (tertiary/aromatic N) is 11. The van der Waals surface area contributed by atoms with Crippen LogP contribution in [-0.4, -0.2) is 60.8 Å². The van der Waals surface area contributed by atoms with E-state index in [1.807, 2.05) is 47.5 Å². The predicted molar refractivity (Wildman–Crippen MR) is 566 cm³/mol. The van der Waals surface area contributed by atoms with E-state index in [9.17, 15) is 0 Å². The Morgan fingerprint density at radius 1 is 0.213 bits per heavy atom. The largest absolute Gasteiger partial charge is 0.309 e. The van der Waals surface area contributed by atoms with Gasteiger partial charge in [-0.3, -0.25) is 23.3 Å². The van der Waals surface area contributed by atoms with Crippen LogP contribution in [0.1, 0.15) is 0 Å². The Kier molecular flexibility index (Phi) is 19.1. The van der Waals surface area contributed by atoms with E-state index in [1.165, 1.54) is 142 Å². The molecule has 0 spiro atoms. The van der Waals surface area contributed by atoms with Crippen molar-refractivity contribution >= 4 is 185 Å². The topological polar surface area (TPSA) is 102 Å². The van der Waals surface area contributed by atoms with Crippen molar-refractivity contribution in [2.24, 2.45) is 0 Å². The van der Waals surface area contributed by atoms with E-state index in [1.54, 1.807) is 11.8 Å². The smallest absolute Gasteiger partial charge is 0.179 e. The Hall–Kier alpha value is -16.2. The maximum Gasteiger partial charge on any atom is 0.179 e. The monoisotopic (exact) mass is 1830 g/mol. The van der Waals surface area contributed by atoms with Crippen molar-refractivity contribution in [2.45, 2.75) is 39.2 Å². The number of aromatic nitrogens is 11. The Bertz CT molecular complexity index is 9190.